The SMILES string of the molecule is O=C(CI)NCCC(=O)OCc1ccccc1. The average molecular weight is 347 g/mol. The third-order valence-electron chi connectivity index (χ3n) is 2.02. The first-order valence-corrected chi connectivity index (χ1v) is 6.77. The van der Waals surface area contributed by atoms with Crippen LogP contribution in [0.3, 0.4) is 0 Å². The maximum absolute atomic E-state index is 11.3. The lowest BCUT2D eigenvalue weighted by Crippen LogP contribution is -2.27. The minimum absolute atomic E-state index is 0.0681. The Bertz CT molecular complexity index is 367. The number of esters is 1. The van der Waals surface area contributed by atoms with Crippen LogP contribution in [0.1, 0.15) is 12.0 Å². The second-order valence-corrected chi connectivity index (χ2v) is 4.14. The highest BCUT2D eigenvalue weighted by molar-refractivity contribution is 14.1. The van der Waals surface area contributed by atoms with Gasteiger partial charge in [-0.15, -0.1) is 0 Å². The molecule has 0 atom stereocenters. The number of amides is 1. The summed E-state index contributed by atoms with van der Waals surface area (Å²) in [4.78, 5) is 22.2. The summed E-state index contributed by atoms with van der Waals surface area (Å²) in [6.07, 6.45) is 0.204. The molecular formula is C12H14INO3. The quantitative estimate of drug-likeness (QED) is 0.484. The van der Waals surface area contributed by atoms with Crippen LogP contribution in [0.15, 0.2) is 30.3 Å². The molecule has 0 fully saturated rings. The molecule has 5 heteroatoms. The molecule has 1 rings (SSSR count). The molecule has 1 aromatic carbocycles. The molecular weight excluding hydrogens is 333 g/mol. The number of nitrogens with one attached hydrogen (secondary N) is 1. The molecule has 0 heterocycles. The summed E-state index contributed by atoms with van der Waals surface area (Å²) < 4.78 is 5.45. The molecule has 17 heavy (non-hydrogen) atoms. The van der Waals surface area contributed by atoms with Crippen molar-refractivity contribution in [3.8, 4) is 0 Å². The van der Waals surface area contributed by atoms with Gasteiger partial charge in [0.05, 0.1) is 10.8 Å². The van der Waals surface area contributed by atoms with Gasteiger partial charge in [0, 0.05) is 6.54 Å². The molecule has 0 saturated carbocycles. The summed E-state index contributed by atoms with van der Waals surface area (Å²) in [7, 11) is 0. The monoisotopic (exact) mass is 347 g/mol. The number of hydrogen-bond acceptors (Lipinski definition) is 3. The maximum Gasteiger partial charge on any atom is 0.307 e. The molecule has 4 nitrogen and oxygen atoms in total. The van der Waals surface area contributed by atoms with E-state index >= 15 is 0 Å². The van der Waals surface area contributed by atoms with E-state index in [1.807, 2.05) is 52.9 Å². The summed E-state index contributed by atoms with van der Waals surface area (Å²) >= 11 is 1.97. The lowest BCUT2D eigenvalue weighted by atomic mass is 10.2. The van der Waals surface area contributed by atoms with Gasteiger partial charge in [-0.05, 0) is 5.56 Å². The van der Waals surface area contributed by atoms with Crippen molar-refractivity contribution in [2.45, 2.75) is 13.0 Å². The smallest absolute Gasteiger partial charge is 0.307 e. The van der Waals surface area contributed by atoms with Gasteiger partial charge in [-0.3, -0.25) is 9.59 Å². The largest absolute Gasteiger partial charge is 0.461 e. The van der Waals surface area contributed by atoms with Crippen LogP contribution in [0.2, 0.25) is 0 Å². The predicted octanol–water partition coefficient (Wildman–Crippen LogP) is 1.67. The average Bonchev–Trinajstić information content (AvgIpc) is 2.37. The Morgan fingerprint density at radius 1 is 1.24 bits per heavy atom. The zero-order valence-corrected chi connectivity index (χ0v) is 11.5. The van der Waals surface area contributed by atoms with Gasteiger partial charge in [0.1, 0.15) is 6.61 Å². The van der Waals surface area contributed by atoms with Gasteiger partial charge < -0.3 is 10.1 Å². The van der Waals surface area contributed by atoms with Crippen molar-refractivity contribution in [2.75, 3.05) is 11.0 Å². The van der Waals surface area contributed by atoms with E-state index in [0.29, 0.717) is 11.0 Å². The van der Waals surface area contributed by atoms with Crippen molar-refractivity contribution in [1.29, 1.82) is 0 Å². The van der Waals surface area contributed by atoms with Crippen molar-refractivity contribution >= 4 is 34.5 Å². The Morgan fingerprint density at radius 3 is 2.59 bits per heavy atom. The van der Waals surface area contributed by atoms with Crippen LogP contribution in [0, 0.1) is 0 Å². The number of carbonyl (C=O) groups is 2. The van der Waals surface area contributed by atoms with Crippen molar-refractivity contribution in [3.63, 3.8) is 0 Å². The highest BCUT2D eigenvalue weighted by Crippen LogP contribution is 2.01. The first kappa shape index (κ1) is 14.0. The van der Waals surface area contributed by atoms with Crippen LogP contribution in [0.25, 0.3) is 0 Å². The molecule has 0 aliphatic rings. The van der Waals surface area contributed by atoms with E-state index in [9.17, 15) is 9.59 Å². The van der Waals surface area contributed by atoms with E-state index in [4.69, 9.17) is 4.74 Å². The van der Waals surface area contributed by atoms with Gasteiger partial charge in [0.15, 0.2) is 0 Å². The van der Waals surface area contributed by atoms with Crippen molar-refractivity contribution in [2.24, 2.45) is 0 Å². The summed E-state index contributed by atoms with van der Waals surface area (Å²) in [6, 6.07) is 9.48. The van der Waals surface area contributed by atoms with E-state index < -0.39 is 0 Å². The molecule has 0 aliphatic carbocycles. The predicted molar refractivity (Wildman–Crippen MR) is 72.8 cm³/mol. The summed E-state index contributed by atoms with van der Waals surface area (Å²) in [5.41, 5.74) is 0.956. The lowest BCUT2D eigenvalue weighted by molar-refractivity contribution is -0.144. The number of alkyl halides is 1. The molecule has 0 saturated heterocycles. The lowest BCUT2D eigenvalue weighted by Gasteiger charge is -2.05. The Hall–Kier alpha value is -1.11. The zero-order chi connectivity index (χ0) is 12.5. The number of rotatable bonds is 6. The minimum atomic E-state index is -0.303. The van der Waals surface area contributed by atoms with Crippen molar-refractivity contribution in [1.82, 2.24) is 5.32 Å². The molecule has 1 aromatic rings. The third kappa shape index (κ3) is 6.25. The van der Waals surface area contributed by atoms with E-state index in [2.05, 4.69) is 5.32 Å². The van der Waals surface area contributed by atoms with E-state index in [1.165, 1.54) is 0 Å². The van der Waals surface area contributed by atoms with Gasteiger partial charge >= 0.3 is 5.97 Å². The molecule has 0 aromatic heterocycles. The van der Waals surface area contributed by atoms with E-state index in [0.717, 1.165) is 5.56 Å². The van der Waals surface area contributed by atoms with Gasteiger partial charge in [-0.25, -0.2) is 0 Å². The summed E-state index contributed by atoms with van der Waals surface area (Å²) in [6.45, 7) is 0.607. The standard InChI is InChI=1S/C12H14INO3/c13-8-11(15)14-7-6-12(16)17-9-10-4-2-1-3-5-10/h1-5H,6-9H2,(H,14,15). The number of hydrogen-bond donors (Lipinski definition) is 1. The van der Waals surface area contributed by atoms with Crippen molar-refractivity contribution in [3.05, 3.63) is 35.9 Å². The van der Waals surface area contributed by atoms with Crippen LogP contribution in [-0.2, 0) is 20.9 Å². The van der Waals surface area contributed by atoms with Crippen LogP contribution in [0.5, 0.6) is 0 Å². The fourth-order valence-electron chi connectivity index (χ4n) is 1.16. The van der Waals surface area contributed by atoms with Crippen LogP contribution >= 0.6 is 22.6 Å². The Kier molecular flexibility index (Phi) is 6.61. The minimum Gasteiger partial charge on any atom is -0.461 e. The van der Waals surface area contributed by atoms with Gasteiger partial charge in [-0.1, -0.05) is 52.9 Å². The molecule has 92 valence electrons. The molecule has 0 spiro atoms. The molecule has 1 amide bonds. The highest BCUT2D eigenvalue weighted by Gasteiger charge is 2.04. The zero-order valence-electron chi connectivity index (χ0n) is 9.32. The molecule has 0 bridgehead atoms. The molecule has 0 radical (unpaired) electrons. The maximum atomic E-state index is 11.3. The second kappa shape index (κ2) is 8.05. The number of halogens is 1. The van der Waals surface area contributed by atoms with E-state index in [1.54, 1.807) is 0 Å². The van der Waals surface area contributed by atoms with Gasteiger partial charge in [-0.2, -0.15) is 0 Å². The number of carbonyl (C=O) groups excluding carboxylic acids is 2. The molecule has 0 unspecified atom stereocenters. The highest BCUT2D eigenvalue weighted by atomic mass is 127. The van der Waals surface area contributed by atoms with Crippen LogP contribution in [-0.4, -0.2) is 22.8 Å². The second-order valence-electron chi connectivity index (χ2n) is 3.38. The first-order chi connectivity index (χ1) is 8.22. The fourth-order valence-corrected chi connectivity index (χ4v) is 1.43. The Balaban J connectivity index is 2.16. The molecule has 0 aliphatic heterocycles. The van der Waals surface area contributed by atoms with E-state index in [-0.39, 0.29) is 24.9 Å². The number of benzene rings is 1. The van der Waals surface area contributed by atoms with Gasteiger partial charge in [0.25, 0.3) is 0 Å². The molecule has 1 N–H and O–H groups in total. The van der Waals surface area contributed by atoms with Crippen LogP contribution in [0.4, 0.5) is 0 Å². The fraction of sp³-hybridized carbons (Fsp3) is 0.333. The van der Waals surface area contributed by atoms with Crippen molar-refractivity contribution < 1.29 is 14.3 Å². The van der Waals surface area contributed by atoms with Crippen LogP contribution < -0.4 is 5.32 Å². The Morgan fingerprint density at radius 2 is 1.94 bits per heavy atom. The first-order valence-electron chi connectivity index (χ1n) is 5.24. The number of ether oxygens (including phenoxy) is 1. The Labute approximate surface area is 114 Å². The third-order valence-corrected chi connectivity index (χ3v) is 2.71. The normalized spacial score (nSPS) is 9.71. The topological polar surface area (TPSA) is 55.4 Å². The summed E-state index contributed by atoms with van der Waals surface area (Å²) in [5, 5.41) is 2.61. The van der Waals surface area contributed by atoms with Gasteiger partial charge in [0.2, 0.25) is 5.91 Å². The summed E-state index contributed by atoms with van der Waals surface area (Å²) in [5.74, 6) is -0.371.